The monoisotopic (exact) mass is 218 g/mol. The second-order valence-electron chi connectivity index (χ2n) is 3.91. The average molecular weight is 218 g/mol. The van der Waals surface area contributed by atoms with Gasteiger partial charge in [-0.05, 0) is 25.3 Å². The highest BCUT2D eigenvalue weighted by atomic mass is 16.3. The molecule has 0 aromatic rings. The Hall–Kier alpha value is -1.77. The van der Waals surface area contributed by atoms with Crippen LogP contribution in [-0.4, -0.2) is 16.0 Å². The molecule has 0 aliphatic heterocycles. The van der Waals surface area contributed by atoms with E-state index >= 15 is 0 Å². The molecule has 2 rings (SSSR count). The Labute approximate surface area is 94.1 Å². The van der Waals surface area contributed by atoms with Crippen molar-refractivity contribution < 1.29 is 15.0 Å². The molecule has 0 aromatic carbocycles. The van der Waals surface area contributed by atoms with Crippen LogP contribution in [0.5, 0.6) is 0 Å². The van der Waals surface area contributed by atoms with Crippen LogP contribution in [0.1, 0.15) is 25.7 Å². The summed E-state index contributed by atoms with van der Waals surface area (Å²) in [5.41, 5.74) is 0.792. The van der Waals surface area contributed by atoms with Crippen molar-refractivity contribution in [2.24, 2.45) is 0 Å². The smallest absolute Gasteiger partial charge is 0.166 e. The fraction of sp³-hybridized carbons (Fsp3) is 0.308. The molecule has 0 unspecified atom stereocenters. The number of Topliss-reactive ketones (excluding diaryl/α,β-unsaturated/α-hetero) is 1. The Morgan fingerprint density at radius 2 is 1.81 bits per heavy atom. The summed E-state index contributed by atoms with van der Waals surface area (Å²) in [6.45, 7) is 0. The van der Waals surface area contributed by atoms with Gasteiger partial charge in [0, 0.05) is 12.0 Å². The molecule has 2 N–H and O–H groups in total. The Kier molecular flexibility index (Phi) is 2.95. The molecule has 0 bridgehead atoms. The number of allylic oxidation sites excluding steroid dienone is 5. The van der Waals surface area contributed by atoms with E-state index in [0.717, 1.165) is 12.8 Å². The van der Waals surface area contributed by atoms with Gasteiger partial charge in [-0.2, -0.15) is 0 Å². The lowest BCUT2D eigenvalue weighted by Crippen LogP contribution is -2.10. The molecule has 3 nitrogen and oxygen atoms in total. The predicted molar refractivity (Wildman–Crippen MR) is 61.1 cm³/mol. The molecule has 0 fully saturated rings. The van der Waals surface area contributed by atoms with Crippen molar-refractivity contribution in [2.75, 3.05) is 0 Å². The van der Waals surface area contributed by atoms with E-state index in [0.29, 0.717) is 24.0 Å². The highest BCUT2D eigenvalue weighted by Crippen LogP contribution is 2.27. The number of aliphatic hydroxyl groups is 2. The van der Waals surface area contributed by atoms with Gasteiger partial charge in [0.2, 0.25) is 0 Å². The standard InChI is InChI=1S/C13H14O3/c14-11-7-3-1-5-9(11)13(16)10-6-2-4-8-12(10)15/h1,3,6,8,15-16H,2,4-5,7H2. The first-order chi connectivity index (χ1) is 7.70. The van der Waals surface area contributed by atoms with E-state index in [1.807, 2.05) is 6.08 Å². The van der Waals surface area contributed by atoms with E-state index < -0.39 is 0 Å². The fourth-order valence-electron chi connectivity index (χ4n) is 1.90. The normalized spacial score (nSPS) is 23.9. The first-order valence-electron chi connectivity index (χ1n) is 5.40. The van der Waals surface area contributed by atoms with Gasteiger partial charge in [0.15, 0.2) is 5.78 Å². The van der Waals surface area contributed by atoms with Gasteiger partial charge in [-0.25, -0.2) is 0 Å². The zero-order chi connectivity index (χ0) is 11.5. The largest absolute Gasteiger partial charge is 0.508 e. The quantitative estimate of drug-likeness (QED) is 0.404. The molecule has 2 aliphatic carbocycles. The second-order valence-corrected chi connectivity index (χ2v) is 3.91. The lowest BCUT2D eigenvalue weighted by molar-refractivity contribution is -0.115. The summed E-state index contributed by atoms with van der Waals surface area (Å²) in [6, 6.07) is 0. The maximum atomic E-state index is 11.6. The molecule has 0 aromatic heterocycles. The number of hydrogen-bond acceptors (Lipinski definition) is 3. The zero-order valence-corrected chi connectivity index (χ0v) is 8.94. The number of carbonyl (C=O) groups is 1. The second kappa shape index (κ2) is 4.39. The van der Waals surface area contributed by atoms with Crippen LogP contribution in [0.3, 0.4) is 0 Å². The van der Waals surface area contributed by atoms with Gasteiger partial charge >= 0.3 is 0 Å². The third kappa shape index (κ3) is 1.94. The lowest BCUT2D eigenvalue weighted by atomic mass is 9.93. The maximum absolute atomic E-state index is 11.6. The van der Waals surface area contributed by atoms with Gasteiger partial charge in [-0.1, -0.05) is 18.2 Å². The van der Waals surface area contributed by atoms with Crippen molar-refractivity contribution in [1.29, 1.82) is 0 Å². The van der Waals surface area contributed by atoms with Gasteiger partial charge in [0.1, 0.15) is 11.5 Å². The summed E-state index contributed by atoms with van der Waals surface area (Å²) in [4.78, 5) is 11.6. The van der Waals surface area contributed by atoms with E-state index in [4.69, 9.17) is 0 Å². The molecule has 0 saturated heterocycles. The van der Waals surface area contributed by atoms with Crippen molar-refractivity contribution in [1.82, 2.24) is 0 Å². The van der Waals surface area contributed by atoms with Gasteiger partial charge in [0.25, 0.3) is 0 Å². The molecule has 0 radical (unpaired) electrons. The minimum Gasteiger partial charge on any atom is -0.508 e. The summed E-state index contributed by atoms with van der Waals surface area (Å²) in [5.74, 6) is -0.0688. The third-order valence-electron chi connectivity index (χ3n) is 2.80. The molecule has 3 heteroatoms. The van der Waals surface area contributed by atoms with Crippen molar-refractivity contribution in [3.63, 3.8) is 0 Å². The van der Waals surface area contributed by atoms with Gasteiger partial charge in [0.05, 0.1) is 5.57 Å². The summed E-state index contributed by atoms with van der Waals surface area (Å²) in [5, 5.41) is 19.6. The topological polar surface area (TPSA) is 57.5 Å². The van der Waals surface area contributed by atoms with Crippen molar-refractivity contribution in [3.05, 3.63) is 47.0 Å². The summed E-state index contributed by atoms with van der Waals surface area (Å²) < 4.78 is 0. The highest BCUT2D eigenvalue weighted by molar-refractivity contribution is 5.98. The molecular formula is C13H14O3. The predicted octanol–water partition coefficient (Wildman–Crippen LogP) is 2.88. The molecule has 0 spiro atoms. The van der Waals surface area contributed by atoms with Gasteiger partial charge in [-0.3, -0.25) is 4.79 Å². The van der Waals surface area contributed by atoms with Crippen LogP contribution in [-0.2, 0) is 4.79 Å². The molecule has 2 aliphatic rings. The van der Waals surface area contributed by atoms with Gasteiger partial charge in [-0.15, -0.1) is 0 Å². The van der Waals surface area contributed by atoms with E-state index in [1.54, 1.807) is 18.2 Å². The SMILES string of the molecule is O=C1CC=CCC1=C(O)C1=CCCC=C1O. The fourth-order valence-corrected chi connectivity index (χ4v) is 1.90. The van der Waals surface area contributed by atoms with Crippen molar-refractivity contribution in [2.45, 2.75) is 25.7 Å². The molecule has 0 heterocycles. The highest BCUT2D eigenvalue weighted by Gasteiger charge is 2.21. The van der Waals surface area contributed by atoms with Gasteiger partial charge < -0.3 is 10.2 Å². The van der Waals surface area contributed by atoms with E-state index in [2.05, 4.69) is 0 Å². The molecular weight excluding hydrogens is 204 g/mol. The maximum Gasteiger partial charge on any atom is 0.166 e. The summed E-state index contributed by atoms with van der Waals surface area (Å²) in [7, 11) is 0. The van der Waals surface area contributed by atoms with Crippen LogP contribution >= 0.6 is 0 Å². The first-order valence-corrected chi connectivity index (χ1v) is 5.40. The molecule has 84 valence electrons. The van der Waals surface area contributed by atoms with Crippen LogP contribution in [0.25, 0.3) is 0 Å². The van der Waals surface area contributed by atoms with E-state index in [1.165, 1.54) is 0 Å². The Balaban J connectivity index is 2.36. The van der Waals surface area contributed by atoms with Crippen molar-refractivity contribution >= 4 is 5.78 Å². The lowest BCUT2D eigenvalue weighted by Gasteiger charge is -2.15. The Morgan fingerprint density at radius 1 is 1.12 bits per heavy atom. The van der Waals surface area contributed by atoms with E-state index in [9.17, 15) is 15.0 Å². The first kappa shape index (κ1) is 10.7. The molecule has 0 atom stereocenters. The van der Waals surface area contributed by atoms with Crippen LogP contribution < -0.4 is 0 Å². The third-order valence-corrected chi connectivity index (χ3v) is 2.80. The molecule has 0 saturated carbocycles. The number of hydrogen-bond donors (Lipinski definition) is 2. The number of rotatable bonds is 1. The van der Waals surface area contributed by atoms with Crippen molar-refractivity contribution in [3.8, 4) is 0 Å². The van der Waals surface area contributed by atoms with Crippen LogP contribution in [0.2, 0.25) is 0 Å². The van der Waals surface area contributed by atoms with Crippen LogP contribution in [0.15, 0.2) is 47.0 Å². The van der Waals surface area contributed by atoms with Crippen LogP contribution in [0, 0.1) is 0 Å². The average Bonchev–Trinajstić information content (AvgIpc) is 2.29. The number of aliphatic hydroxyl groups excluding tert-OH is 2. The molecule has 0 amide bonds. The summed E-state index contributed by atoms with van der Waals surface area (Å²) >= 11 is 0. The zero-order valence-electron chi connectivity index (χ0n) is 8.94. The number of carbonyl (C=O) groups excluding carboxylic acids is 1. The Bertz CT molecular complexity index is 436. The molecule has 16 heavy (non-hydrogen) atoms. The number of ketones is 1. The minimum atomic E-state index is -0.0701. The summed E-state index contributed by atoms with van der Waals surface area (Å²) in [6.07, 6.45) is 9.40. The Morgan fingerprint density at radius 3 is 2.50 bits per heavy atom. The minimum absolute atomic E-state index is 0.0669. The van der Waals surface area contributed by atoms with Crippen LogP contribution in [0.4, 0.5) is 0 Å². The van der Waals surface area contributed by atoms with E-state index in [-0.39, 0.29) is 17.3 Å².